The van der Waals surface area contributed by atoms with Crippen molar-refractivity contribution in [1.29, 1.82) is 0 Å². The van der Waals surface area contributed by atoms with E-state index in [4.69, 9.17) is 0 Å². The fraction of sp³-hybridized carbons (Fsp3) is 0.600. The molecule has 0 spiro atoms. The van der Waals surface area contributed by atoms with Gasteiger partial charge in [0.2, 0.25) is 0 Å². The summed E-state index contributed by atoms with van der Waals surface area (Å²) >= 11 is 2.03. The molecule has 1 heterocycles. The van der Waals surface area contributed by atoms with Crippen molar-refractivity contribution in [2.45, 2.75) is 43.4 Å². The molecular weight excluding hydrogens is 226 g/mol. The highest BCUT2D eigenvalue weighted by atomic mass is 32.2. The first-order valence-corrected chi connectivity index (χ1v) is 7.83. The lowest BCUT2D eigenvalue weighted by molar-refractivity contribution is 0.569. The number of benzene rings is 1. The van der Waals surface area contributed by atoms with E-state index in [9.17, 15) is 0 Å². The molecule has 0 amide bonds. The van der Waals surface area contributed by atoms with Crippen molar-refractivity contribution in [2.24, 2.45) is 0 Å². The lowest BCUT2D eigenvalue weighted by Crippen LogP contribution is -2.15. The Kier molecular flexibility index (Phi) is 5.40. The smallest absolute Gasteiger partial charge is 0.0107 e. The van der Waals surface area contributed by atoms with E-state index in [0.29, 0.717) is 0 Å². The summed E-state index contributed by atoms with van der Waals surface area (Å²) in [5.74, 6) is 2.10. The van der Waals surface area contributed by atoms with Crippen LogP contribution in [0.4, 0.5) is 0 Å². The Labute approximate surface area is 109 Å². The maximum atomic E-state index is 3.47. The standard InChI is InChI=1S/C15H23NS/c1-2-10-16-11-6-5-7-13-12-17-15-9-4-3-8-14(13)15/h3-4,8-9,13,16H,2,5-7,10-12H2,1H3. The number of hydrogen-bond donors (Lipinski definition) is 1. The van der Waals surface area contributed by atoms with Gasteiger partial charge >= 0.3 is 0 Å². The van der Waals surface area contributed by atoms with E-state index in [1.165, 1.54) is 49.4 Å². The summed E-state index contributed by atoms with van der Waals surface area (Å²) in [7, 11) is 0. The molecular formula is C15H23NS. The quantitative estimate of drug-likeness (QED) is 0.732. The number of nitrogens with one attached hydrogen (secondary N) is 1. The minimum absolute atomic E-state index is 0.808. The molecule has 1 atom stereocenters. The lowest BCUT2D eigenvalue weighted by Gasteiger charge is -2.10. The Morgan fingerprint density at radius 3 is 3.00 bits per heavy atom. The van der Waals surface area contributed by atoms with E-state index in [1.54, 1.807) is 5.56 Å². The fourth-order valence-electron chi connectivity index (χ4n) is 2.41. The average Bonchev–Trinajstić information content (AvgIpc) is 2.77. The van der Waals surface area contributed by atoms with Gasteiger partial charge in [-0.05, 0) is 49.9 Å². The van der Waals surface area contributed by atoms with Gasteiger partial charge in [0.1, 0.15) is 0 Å². The van der Waals surface area contributed by atoms with Crippen molar-refractivity contribution in [1.82, 2.24) is 5.32 Å². The second kappa shape index (κ2) is 7.07. The van der Waals surface area contributed by atoms with Crippen molar-refractivity contribution < 1.29 is 0 Å². The molecule has 1 N–H and O–H groups in total. The molecule has 1 aliphatic rings. The van der Waals surface area contributed by atoms with Crippen LogP contribution in [0.15, 0.2) is 29.2 Å². The number of hydrogen-bond acceptors (Lipinski definition) is 2. The monoisotopic (exact) mass is 249 g/mol. The van der Waals surface area contributed by atoms with Gasteiger partial charge in [0, 0.05) is 10.6 Å². The summed E-state index contributed by atoms with van der Waals surface area (Å²) in [6.07, 6.45) is 5.28. The molecule has 0 bridgehead atoms. The third-order valence-corrected chi connectivity index (χ3v) is 4.63. The molecule has 1 aromatic carbocycles. The van der Waals surface area contributed by atoms with Crippen LogP contribution in [0.5, 0.6) is 0 Å². The summed E-state index contributed by atoms with van der Waals surface area (Å²) in [5, 5.41) is 3.47. The zero-order valence-electron chi connectivity index (χ0n) is 10.7. The highest BCUT2D eigenvalue weighted by Gasteiger charge is 2.21. The Morgan fingerprint density at radius 1 is 1.24 bits per heavy atom. The highest BCUT2D eigenvalue weighted by molar-refractivity contribution is 7.99. The molecule has 1 unspecified atom stereocenters. The van der Waals surface area contributed by atoms with Crippen LogP contribution in [-0.4, -0.2) is 18.8 Å². The number of unbranched alkanes of at least 4 members (excludes halogenated alkanes) is 1. The van der Waals surface area contributed by atoms with Gasteiger partial charge in [-0.1, -0.05) is 31.5 Å². The zero-order chi connectivity index (χ0) is 11.9. The maximum Gasteiger partial charge on any atom is 0.0107 e. The second-order valence-corrected chi connectivity index (χ2v) is 5.85. The van der Waals surface area contributed by atoms with Crippen LogP contribution >= 0.6 is 11.8 Å². The second-order valence-electron chi connectivity index (χ2n) is 4.79. The molecule has 17 heavy (non-hydrogen) atoms. The molecule has 0 radical (unpaired) electrons. The highest BCUT2D eigenvalue weighted by Crippen LogP contribution is 2.41. The number of rotatable bonds is 7. The van der Waals surface area contributed by atoms with Crippen LogP contribution in [0, 0.1) is 0 Å². The van der Waals surface area contributed by atoms with Gasteiger partial charge in [0.05, 0.1) is 0 Å². The van der Waals surface area contributed by atoms with Crippen LogP contribution < -0.4 is 5.32 Å². The van der Waals surface area contributed by atoms with Crippen molar-refractivity contribution in [3.05, 3.63) is 29.8 Å². The normalized spacial score (nSPS) is 18.3. The van der Waals surface area contributed by atoms with Crippen molar-refractivity contribution >= 4 is 11.8 Å². The summed E-state index contributed by atoms with van der Waals surface area (Å²) in [4.78, 5) is 1.52. The first-order valence-electron chi connectivity index (χ1n) is 6.84. The molecule has 1 nitrogen and oxygen atoms in total. The first-order chi connectivity index (χ1) is 8.42. The van der Waals surface area contributed by atoms with Gasteiger partial charge in [-0.15, -0.1) is 11.8 Å². The van der Waals surface area contributed by atoms with Crippen LogP contribution in [0.3, 0.4) is 0 Å². The summed E-state index contributed by atoms with van der Waals surface area (Å²) in [5.41, 5.74) is 1.60. The zero-order valence-corrected chi connectivity index (χ0v) is 11.6. The van der Waals surface area contributed by atoms with Gasteiger partial charge < -0.3 is 5.32 Å². The summed E-state index contributed by atoms with van der Waals surface area (Å²) in [6.45, 7) is 4.58. The van der Waals surface area contributed by atoms with Crippen LogP contribution in [0.1, 0.15) is 44.1 Å². The van der Waals surface area contributed by atoms with E-state index >= 15 is 0 Å². The minimum atomic E-state index is 0.808. The average molecular weight is 249 g/mol. The predicted molar refractivity (Wildman–Crippen MR) is 76.9 cm³/mol. The molecule has 0 saturated carbocycles. The van der Waals surface area contributed by atoms with Crippen LogP contribution in [0.25, 0.3) is 0 Å². The van der Waals surface area contributed by atoms with E-state index in [0.717, 1.165) is 5.92 Å². The first kappa shape index (κ1) is 13.0. The maximum absolute atomic E-state index is 3.47. The van der Waals surface area contributed by atoms with E-state index in [1.807, 2.05) is 11.8 Å². The third-order valence-electron chi connectivity index (χ3n) is 3.38. The lowest BCUT2D eigenvalue weighted by atomic mass is 9.95. The largest absolute Gasteiger partial charge is 0.317 e. The fourth-order valence-corrected chi connectivity index (χ4v) is 3.71. The van der Waals surface area contributed by atoms with Gasteiger partial charge in [0.25, 0.3) is 0 Å². The molecule has 0 aliphatic carbocycles. The molecule has 0 saturated heterocycles. The van der Waals surface area contributed by atoms with Crippen LogP contribution in [0.2, 0.25) is 0 Å². The molecule has 1 aliphatic heterocycles. The minimum Gasteiger partial charge on any atom is -0.317 e. The van der Waals surface area contributed by atoms with Crippen molar-refractivity contribution in [2.75, 3.05) is 18.8 Å². The van der Waals surface area contributed by atoms with Crippen molar-refractivity contribution in [3.63, 3.8) is 0 Å². The van der Waals surface area contributed by atoms with Crippen molar-refractivity contribution in [3.8, 4) is 0 Å². The number of fused-ring (bicyclic) bond motifs is 1. The Balaban J connectivity index is 1.68. The van der Waals surface area contributed by atoms with E-state index < -0.39 is 0 Å². The van der Waals surface area contributed by atoms with Gasteiger partial charge in [0.15, 0.2) is 0 Å². The Morgan fingerprint density at radius 2 is 2.12 bits per heavy atom. The van der Waals surface area contributed by atoms with Gasteiger partial charge in [-0.2, -0.15) is 0 Å². The topological polar surface area (TPSA) is 12.0 Å². The summed E-state index contributed by atoms with van der Waals surface area (Å²) < 4.78 is 0. The number of thioether (sulfide) groups is 1. The van der Waals surface area contributed by atoms with Gasteiger partial charge in [-0.25, -0.2) is 0 Å². The predicted octanol–water partition coefficient (Wildman–Crippen LogP) is 4.05. The van der Waals surface area contributed by atoms with Gasteiger partial charge in [-0.3, -0.25) is 0 Å². The third kappa shape index (κ3) is 3.75. The molecule has 2 heteroatoms. The SMILES string of the molecule is CCCNCCCCC1CSc2ccccc21. The van der Waals surface area contributed by atoms with E-state index in [2.05, 4.69) is 36.5 Å². The molecule has 0 aromatic heterocycles. The van der Waals surface area contributed by atoms with E-state index in [-0.39, 0.29) is 0 Å². The Bertz CT molecular complexity index is 337. The molecule has 2 rings (SSSR count). The molecule has 94 valence electrons. The molecule has 1 aromatic rings. The molecule has 0 fully saturated rings. The Hall–Kier alpha value is -0.470. The summed E-state index contributed by atoms with van der Waals surface area (Å²) in [6, 6.07) is 8.92. The van der Waals surface area contributed by atoms with Crippen LogP contribution in [-0.2, 0) is 0 Å².